The molecule has 0 bridgehead atoms. The summed E-state index contributed by atoms with van der Waals surface area (Å²) in [6.45, 7) is 0.992. The van der Waals surface area contributed by atoms with Gasteiger partial charge in [-0.05, 0) is 25.1 Å². The van der Waals surface area contributed by atoms with Crippen molar-refractivity contribution in [2.75, 3.05) is 11.9 Å². The zero-order valence-electron chi connectivity index (χ0n) is 12.3. The van der Waals surface area contributed by atoms with Gasteiger partial charge in [-0.3, -0.25) is 19.7 Å². The highest BCUT2D eigenvalue weighted by atomic mass is 16.6. The molecule has 118 valence electrons. The van der Waals surface area contributed by atoms with Gasteiger partial charge in [-0.2, -0.15) is 0 Å². The summed E-state index contributed by atoms with van der Waals surface area (Å²) in [5.74, 6) is -0.690. The summed E-state index contributed by atoms with van der Waals surface area (Å²) < 4.78 is 5.19. The van der Waals surface area contributed by atoms with Gasteiger partial charge in [0.15, 0.2) is 18.1 Å². The Labute approximate surface area is 132 Å². The van der Waals surface area contributed by atoms with Crippen molar-refractivity contribution >= 4 is 23.1 Å². The first-order chi connectivity index (χ1) is 11.0. The third kappa shape index (κ3) is 4.13. The van der Waals surface area contributed by atoms with Gasteiger partial charge in [0.1, 0.15) is 0 Å². The second-order valence-electron chi connectivity index (χ2n) is 4.66. The summed E-state index contributed by atoms with van der Waals surface area (Å²) in [7, 11) is 0. The lowest BCUT2D eigenvalue weighted by atomic mass is 10.1. The molecule has 0 aliphatic rings. The van der Waals surface area contributed by atoms with E-state index in [1.165, 1.54) is 25.1 Å². The van der Waals surface area contributed by atoms with Crippen LogP contribution in [0.3, 0.4) is 0 Å². The second kappa shape index (κ2) is 7.17. The molecule has 1 amide bonds. The Morgan fingerprint density at radius 3 is 2.48 bits per heavy atom. The molecule has 23 heavy (non-hydrogen) atoms. The molecule has 7 heteroatoms. The number of ketones is 1. The predicted molar refractivity (Wildman–Crippen MR) is 83.7 cm³/mol. The number of carbonyl (C=O) groups excluding carboxylic acids is 2. The second-order valence-corrected chi connectivity index (χ2v) is 4.66. The molecule has 0 aliphatic heterocycles. The third-order valence-electron chi connectivity index (χ3n) is 3.00. The maximum absolute atomic E-state index is 11.9. The van der Waals surface area contributed by atoms with E-state index in [1.54, 1.807) is 30.3 Å². The topological polar surface area (TPSA) is 98.5 Å². The van der Waals surface area contributed by atoms with Crippen molar-refractivity contribution in [1.82, 2.24) is 0 Å². The van der Waals surface area contributed by atoms with Crippen LogP contribution in [0.1, 0.15) is 17.3 Å². The highest BCUT2D eigenvalue weighted by Crippen LogP contribution is 2.25. The van der Waals surface area contributed by atoms with Crippen LogP contribution in [0, 0.1) is 10.1 Å². The Hall–Kier alpha value is -3.22. The first-order valence-corrected chi connectivity index (χ1v) is 6.75. The molecule has 1 N–H and O–H groups in total. The summed E-state index contributed by atoms with van der Waals surface area (Å²) in [6, 6.07) is 12.4. The minimum Gasteiger partial charge on any atom is -0.477 e. The fourth-order valence-electron chi connectivity index (χ4n) is 1.96. The molecule has 2 rings (SSSR count). The van der Waals surface area contributed by atoms with Crippen molar-refractivity contribution in [2.45, 2.75) is 6.92 Å². The third-order valence-corrected chi connectivity index (χ3v) is 3.00. The van der Waals surface area contributed by atoms with Crippen molar-refractivity contribution in [1.29, 1.82) is 0 Å². The number of benzene rings is 2. The molecule has 0 fully saturated rings. The summed E-state index contributed by atoms with van der Waals surface area (Å²) >= 11 is 0. The first-order valence-electron chi connectivity index (χ1n) is 6.75. The van der Waals surface area contributed by atoms with Crippen LogP contribution in [-0.4, -0.2) is 23.2 Å². The standard InChI is InChI=1S/C16H14N2O5/c1-11(19)12-6-2-3-7-13(12)17-16(20)10-23-15-9-5-4-8-14(15)18(21)22/h2-9H,10H2,1H3,(H,17,20). The minimum atomic E-state index is -0.585. The van der Waals surface area contributed by atoms with Gasteiger partial charge in [-0.15, -0.1) is 0 Å². The fourth-order valence-corrected chi connectivity index (χ4v) is 1.96. The quantitative estimate of drug-likeness (QED) is 0.502. The molecule has 0 saturated heterocycles. The van der Waals surface area contributed by atoms with Crippen LogP contribution in [0.5, 0.6) is 5.75 Å². The van der Waals surface area contributed by atoms with E-state index in [1.807, 2.05) is 0 Å². The number of hydrogen-bond acceptors (Lipinski definition) is 5. The van der Waals surface area contributed by atoms with Crippen molar-refractivity contribution < 1.29 is 19.2 Å². The average molecular weight is 314 g/mol. The number of ether oxygens (including phenoxy) is 1. The van der Waals surface area contributed by atoms with E-state index < -0.39 is 17.4 Å². The van der Waals surface area contributed by atoms with E-state index in [4.69, 9.17) is 4.74 Å². The van der Waals surface area contributed by atoms with Crippen molar-refractivity contribution in [2.24, 2.45) is 0 Å². The van der Waals surface area contributed by atoms with Crippen LogP contribution >= 0.6 is 0 Å². The fraction of sp³-hybridized carbons (Fsp3) is 0.125. The minimum absolute atomic E-state index is 0.00695. The van der Waals surface area contributed by atoms with Gasteiger partial charge >= 0.3 is 5.69 Å². The number of nitrogens with zero attached hydrogens (tertiary/aromatic N) is 1. The lowest BCUT2D eigenvalue weighted by Gasteiger charge is -2.10. The molecule has 2 aromatic rings. The Bertz CT molecular complexity index is 758. The molecule has 7 nitrogen and oxygen atoms in total. The van der Waals surface area contributed by atoms with Gasteiger partial charge in [0, 0.05) is 11.6 Å². The Morgan fingerprint density at radius 2 is 1.78 bits per heavy atom. The van der Waals surface area contributed by atoms with Gasteiger partial charge < -0.3 is 10.1 Å². The number of nitro benzene ring substituents is 1. The molecule has 0 unspecified atom stereocenters. The van der Waals surface area contributed by atoms with Gasteiger partial charge in [0.2, 0.25) is 0 Å². The molecule has 0 aromatic heterocycles. The Morgan fingerprint density at radius 1 is 1.13 bits per heavy atom. The average Bonchev–Trinajstić information content (AvgIpc) is 2.53. The zero-order chi connectivity index (χ0) is 16.8. The number of amides is 1. The number of nitrogens with one attached hydrogen (secondary N) is 1. The summed E-state index contributed by atoms with van der Waals surface area (Å²) in [6.07, 6.45) is 0. The van der Waals surface area contributed by atoms with Crippen LogP contribution in [0.25, 0.3) is 0 Å². The van der Waals surface area contributed by atoms with Crippen LogP contribution in [0.4, 0.5) is 11.4 Å². The lowest BCUT2D eigenvalue weighted by molar-refractivity contribution is -0.385. The van der Waals surface area contributed by atoms with Gasteiger partial charge in [0.25, 0.3) is 5.91 Å². The number of hydrogen-bond donors (Lipinski definition) is 1. The van der Waals surface area contributed by atoms with Gasteiger partial charge in [-0.1, -0.05) is 24.3 Å². The first kappa shape index (κ1) is 16.2. The largest absolute Gasteiger partial charge is 0.477 e. The summed E-state index contributed by atoms with van der Waals surface area (Å²) in [4.78, 5) is 33.7. The smallest absolute Gasteiger partial charge is 0.310 e. The molecule has 0 saturated carbocycles. The zero-order valence-corrected chi connectivity index (χ0v) is 12.3. The lowest BCUT2D eigenvalue weighted by Crippen LogP contribution is -2.21. The number of carbonyl (C=O) groups is 2. The summed E-state index contributed by atoms with van der Waals surface area (Å²) in [5, 5.41) is 13.4. The molecule has 0 heterocycles. The van der Waals surface area contributed by atoms with Crippen molar-refractivity contribution in [3.63, 3.8) is 0 Å². The summed E-state index contributed by atoms with van der Waals surface area (Å²) in [5.41, 5.74) is 0.534. The molecule has 2 aromatic carbocycles. The van der Waals surface area contributed by atoms with E-state index in [0.29, 0.717) is 11.3 Å². The molecular formula is C16H14N2O5. The van der Waals surface area contributed by atoms with Gasteiger partial charge in [0.05, 0.1) is 10.6 Å². The van der Waals surface area contributed by atoms with Crippen LogP contribution in [-0.2, 0) is 4.79 Å². The monoisotopic (exact) mass is 314 g/mol. The SMILES string of the molecule is CC(=O)c1ccccc1NC(=O)COc1ccccc1[N+](=O)[O-]. The van der Waals surface area contributed by atoms with E-state index in [0.717, 1.165) is 0 Å². The maximum Gasteiger partial charge on any atom is 0.310 e. The van der Waals surface area contributed by atoms with E-state index in [2.05, 4.69) is 5.32 Å². The Kier molecular flexibility index (Phi) is 5.03. The number of rotatable bonds is 6. The number of Topliss-reactive ketones (excluding diaryl/α,β-unsaturated/α-hetero) is 1. The van der Waals surface area contributed by atoms with E-state index in [9.17, 15) is 19.7 Å². The van der Waals surface area contributed by atoms with Crippen molar-refractivity contribution in [3.8, 4) is 5.75 Å². The van der Waals surface area contributed by atoms with Crippen LogP contribution in [0.2, 0.25) is 0 Å². The number of para-hydroxylation sites is 3. The number of anilines is 1. The normalized spacial score (nSPS) is 9.96. The molecule has 0 aliphatic carbocycles. The highest BCUT2D eigenvalue weighted by Gasteiger charge is 2.15. The van der Waals surface area contributed by atoms with Crippen molar-refractivity contribution in [3.05, 3.63) is 64.2 Å². The van der Waals surface area contributed by atoms with Crippen LogP contribution in [0.15, 0.2) is 48.5 Å². The van der Waals surface area contributed by atoms with E-state index in [-0.39, 0.29) is 17.2 Å². The van der Waals surface area contributed by atoms with Gasteiger partial charge in [-0.25, -0.2) is 0 Å². The predicted octanol–water partition coefficient (Wildman–Crippen LogP) is 2.81. The molecular weight excluding hydrogens is 300 g/mol. The maximum atomic E-state index is 11.9. The molecule has 0 spiro atoms. The molecule has 0 radical (unpaired) electrons. The Balaban J connectivity index is 2.04. The van der Waals surface area contributed by atoms with E-state index >= 15 is 0 Å². The molecule has 0 atom stereocenters. The highest BCUT2D eigenvalue weighted by molar-refractivity contribution is 6.03. The van der Waals surface area contributed by atoms with Crippen LogP contribution < -0.4 is 10.1 Å². The number of nitro groups is 1.